The van der Waals surface area contributed by atoms with E-state index in [1.54, 1.807) is 22.8 Å². The fraction of sp³-hybridized carbons (Fsp3) is 0.342. The van der Waals surface area contributed by atoms with Gasteiger partial charge in [0, 0.05) is 38.1 Å². The number of carbonyl (C=O) groups is 1. The minimum absolute atomic E-state index is 0.0170. The van der Waals surface area contributed by atoms with Gasteiger partial charge in [0.05, 0.1) is 12.9 Å². The number of amides is 2. The Labute approximate surface area is 316 Å². The number of imidazole rings is 1. The Kier molecular flexibility index (Phi) is 10.2. The van der Waals surface area contributed by atoms with Gasteiger partial charge >= 0.3 is 6.03 Å². The van der Waals surface area contributed by atoms with Crippen LogP contribution >= 0.6 is 0 Å². The normalized spacial score (nSPS) is 21.0. The highest BCUT2D eigenvalue weighted by atomic mass is 16.6. The van der Waals surface area contributed by atoms with Crippen molar-refractivity contribution >= 4 is 29.0 Å². The van der Waals surface area contributed by atoms with E-state index >= 15 is 0 Å². The predicted molar refractivity (Wildman–Crippen MR) is 201 cm³/mol. The van der Waals surface area contributed by atoms with Crippen LogP contribution in [-0.4, -0.2) is 99.0 Å². The van der Waals surface area contributed by atoms with Crippen LogP contribution in [0.3, 0.4) is 0 Å². The number of benzene rings is 3. The molecule has 6 N–H and O–H groups in total. The summed E-state index contributed by atoms with van der Waals surface area (Å²) >= 11 is 0. The quantitative estimate of drug-likeness (QED) is 0.106. The monoisotopic (exact) mass is 746 g/mol. The fourth-order valence-corrected chi connectivity index (χ4v) is 7.10. The maximum atomic E-state index is 12.8. The van der Waals surface area contributed by atoms with Gasteiger partial charge in [-0.3, -0.25) is 4.57 Å². The molecule has 0 saturated carbocycles. The Morgan fingerprint density at radius 2 is 1.75 bits per heavy atom. The molecule has 0 radical (unpaired) electrons. The lowest BCUT2D eigenvalue weighted by Gasteiger charge is -2.22. The number of aromatic nitrogens is 8. The number of anilines is 2. The summed E-state index contributed by atoms with van der Waals surface area (Å²) in [6, 6.07) is 26.7. The molecule has 3 aromatic heterocycles. The molecule has 2 aliphatic heterocycles. The van der Waals surface area contributed by atoms with E-state index in [0.29, 0.717) is 55.5 Å². The number of nitrogens with zero attached hydrogens (tertiary/aromatic N) is 9. The van der Waals surface area contributed by atoms with E-state index in [0.717, 1.165) is 16.7 Å². The number of urea groups is 1. The highest BCUT2D eigenvalue weighted by Crippen LogP contribution is 2.39. The van der Waals surface area contributed by atoms with E-state index in [-0.39, 0.29) is 36.1 Å². The molecule has 0 unspecified atom stereocenters. The zero-order valence-corrected chi connectivity index (χ0v) is 30.1. The number of hydrogen-bond donors (Lipinski definition) is 6. The van der Waals surface area contributed by atoms with Crippen LogP contribution < -0.4 is 20.9 Å². The summed E-state index contributed by atoms with van der Waals surface area (Å²) in [7, 11) is 0. The lowest BCUT2D eigenvalue weighted by Crippen LogP contribution is -2.43. The van der Waals surface area contributed by atoms with Crippen molar-refractivity contribution in [1.29, 1.82) is 0 Å². The number of phenolic OH excluding ortho intramolecular Hbond substituents is 1. The van der Waals surface area contributed by atoms with E-state index in [2.05, 4.69) is 60.6 Å². The topological polar surface area (TPSA) is 214 Å². The van der Waals surface area contributed by atoms with Gasteiger partial charge < -0.3 is 40.9 Å². The summed E-state index contributed by atoms with van der Waals surface area (Å²) in [6.45, 7) is 4.10. The maximum Gasteiger partial charge on any atom is 0.315 e. The second-order valence-electron chi connectivity index (χ2n) is 13.6. The highest BCUT2D eigenvalue weighted by molar-refractivity contribution is 5.84. The molecule has 0 bridgehead atoms. The van der Waals surface area contributed by atoms with Crippen molar-refractivity contribution in [3.8, 4) is 5.75 Å². The molecule has 0 aliphatic carbocycles. The number of tetrazole rings is 1. The Bertz CT molecular complexity index is 2200. The number of aromatic hydroxyl groups is 1. The lowest BCUT2D eigenvalue weighted by molar-refractivity contribution is -0.0384. The zero-order valence-electron chi connectivity index (χ0n) is 30.1. The number of aryl methyl sites for hydroxylation is 1. The number of fused-ring (bicyclic) bond motifs is 1. The highest BCUT2D eigenvalue weighted by Gasteiger charge is 2.47. The van der Waals surface area contributed by atoms with Crippen molar-refractivity contribution in [1.82, 2.24) is 50.4 Å². The first kappa shape index (κ1) is 35.8. The van der Waals surface area contributed by atoms with Gasteiger partial charge in [-0.15, -0.1) is 10.2 Å². The molecule has 3 aromatic carbocycles. The number of aliphatic hydroxyl groups is 2. The molecule has 2 fully saturated rings. The molecule has 8 rings (SSSR count). The first-order valence-corrected chi connectivity index (χ1v) is 18.3. The largest absolute Gasteiger partial charge is 0.508 e. The first-order valence-electron chi connectivity index (χ1n) is 18.3. The van der Waals surface area contributed by atoms with Gasteiger partial charge in [-0.1, -0.05) is 72.8 Å². The van der Waals surface area contributed by atoms with Crippen LogP contribution in [0.25, 0.3) is 11.2 Å². The summed E-state index contributed by atoms with van der Waals surface area (Å²) < 4.78 is 7.80. The van der Waals surface area contributed by atoms with Crippen LogP contribution in [0, 0.1) is 0 Å². The van der Waals surface area contributed by atoms with E-state index in [9.17, 15) is 20.1 Å². The standard InChI is InChI=1S/C38H42N12O5/c1-2-50-46-34(45-47-50)32-30(52)31(53)36(55-32)49-22-41-29-33(39-20-28(24-11-5-3-6-12-24)25-13-7-4-8-14-25)43-37(44-35(29)49)48-17-16-26(21-48)42-38(54)40-19-23-10-9-15-27(51)18-23/h3-15,18,22,26,28,30-32,36,51-53H,2,16-17,19-21H2,1H3,(H,39,43,44)(H2,40,42,54)/t26-,30-,31+,32-,36+/m0/s1. The van der Waals surface area contributed by atoms with Gasteiger partial charge in [-0.2, -0.15) is 14.8 Å². The van der Waals surface area contributed by atoms with Gasteiger partial charge in [-0.05, 0) is 47.4 Å². The summed E-state index contributed by atoms with van der Waals surface area (Å²) in [5.41, 5.74) is 3.87. The third-order valence-electron chi connectivity index (χ3n) is 9.98. The molecule has 5 atom stereocenters. The molecule has 0 spiro atoms. The molecular weight excluding hydrogens is 704 g/mol. The van der Waals surface area contributed by atoms with Crippen molar-refractivity contribution in [2.75, 3.05) is 29.9 Å². The predicted octanol–water partition coefficient (Wildman–Crippen LogP) is 2.85. The molecule has 2 amide bonds. The molecule has 17 heteroatoms. The molecule has 284 valence electrons. The number of rotatable bonds is 12. The molecule has 6 aromatic rings. The molecule has 2 aliphatic rings. The third-order valence-corrected chi connectivity index (χ3v) is 9.98. The van der Waals surface area contributed by atoms with Crippen molar-refractivity contribution in [3.05, 3.63) is 114 Å². The van der Waals surface area contributed by atoms with Crippen LogP contribution in [0.5, 0.6) is 5.75 Å². The Hall–Kier alpha value is -6.17. The van der Waals surface area contributed by atoms with Crippen molar-refractivity contribution in [3.63, 3.8) is 0 Å². The number of carbonyl (C=O) groups excluding carboxylic acids is 1. The van der Waals surface area contributed by atoms with E-state index in [1.165, 1.54) is 11.1 Å². The first-order chi connectivity index (χ1) is 26.8. The summed E-state index contributed by atoms with van der Waals surface area (Å²) in [5.74, 6) is 1.16. The van der Waals surface area contributed by atoms with Gasteiger partial charge in [-0.25, -0.2) is 9.78 Å². The number of phenols is 1. The number of hydrogen-bond acceptors (Lipinski definition) is 13. The molecule has 17 nitrogen and oxygen atoms in total. The number of ether oxygens (including phenoxy) is 1. The smallest absolute Gasteiger partial charge is 0.315 e. The lowest BCUT2D eigenvalue weighted by atomic mass is 9.91. The van der Waals surface area contributed by atoms with Crippen LogP contribution in [0.1, 0.15) is 54.1 Å². The van der Waals surface area contributed by atoms with Crippen LogP contribution in [0.15, 0.2) is 91.3 Å². The van der Waals surface area contributed by atoms with Crippen LogP contribution in [-0.2, 0) is 17.8 Å². The van der Waals surface area contributed by atoms with Gasteiger partial charge in [0.1, 0.15) is 18.0 Å². The van der Waals surface area contributed by atoms with E-state index in [4.69, 9.17) is 14.7 Å². The number of aliphatic hydroxyl groups excluding tert-OH is 2. The van der Waals surface area contributed by atoms with Crippen LogP contribution in [0.2, 0.25) is 0 Å². The van der Waals surface area contributed by atoms with Gasteiger partial charge in [0.25, 0.3) is 0 Å². The second kappa shape index (κ2) is 15.7. The average Bonchev–Trinajstić information content (AvgIpc) is 4.02. The van der Waals surface area contributed by atoms with Crippen molar-refractivity contribution < 1.29 is 24.9 Å². The SMILES string of the molecule is CCn1nnc([C@H]2O[C@@H](n3cnc4c(NCC(c5ccccc5)c5ccccc5)nc(N5CC[C@H](NC(=O)NCc6cccc(O)c6)C5)nc43)[C@H](O)[C@@H]2O)n1. The van der Waals surface area contributed by atoms with Gasteiger partial charge in [0.15, 0.2) is 29.3 Å². The molecular formula is C38H42N12O5. The van der Waals surface area contributed by atoms with Crippen molar-refractivity contribution in [2.24, 2.45) is 0 Å². The van der Waals surface area contributed by atoms with Crippen molar-refractivity contribution in [2.45, 2.75) is 62.9 Å². The summed E-state index contributed by atoms with van der Waals surface area (Å²) in [6.07, 6.45) is -2.62. The van der Waals surface area contributed by atoms with E-state index < -0.39 is 24.5 Å². The second-order valence-corrected chi connectivity index (χ2v) is 13.6. The zero-order chi connectivity index (χ0) is 37.9. The minimum Gasteiger partial charge on any atom is -0.508 e. The fourth-order valence-electron chi connectivity index (χ4n) is 7.10. The Morgan fingerprint density at radius 1 is 0.982 bits per heavy atom. The summed E-state index contributed by atoms with van der Waals surface area (Å²) in [4.78, 5) is 30.8. The Balaban J connectivity index is 1.07. The molecule has 55 heavy (non-hydrogen) atoms. The summed E-state index contributed by atoms with van der Waals surface area (Å²) in [5, 5.41) is 53.9. The minimum atomic E-state index is -1.36. The average molecular weight is 747 g/mol. The molecule has 5 heterocycles. The van der Waals surface area contributed by atoms with Gasteiger partial charge in [0.2, 0.25) is 11.8 Å². The van der Waals surface area contributed by atoms with Crippen LogP contribution in [0.4, 0.5) is 16.6 Å². The third kappa shape index (κ3) is 7.62. The number of nitrogens with one attached hydrogen (secondary N) is 3. The Morgan fingerprint density at radius 3 is 2.45 bits per heavy atom. The maximum absolute atomic E-state index is 12.8. The molecule has 2 saturated heterocycles. The van der Waals surface area contributed by atoms with E-state index in [1.807, 2.05) is 54.3 Å².